The zero-order valence-corrected chi connectivity index (χ0v) is 12.0. The number of nitrogens with zero attached hydrogens (tertiary/aromatic N) is 1. The minimum absolute atomic E-state index is 0.104. The Labute approximate surface area is 111 Å². The molecule has 1 heterocycles. The van der Waals surface area contributed by atoms with Crippen molar-refractivity contribution < 1.29 is 17.9 Å². The number of methoxy groups -OCH3 is 1. The van der Waals surface area contributed by atoms with Crippen LogP contribution in [0.25, 0.3) is 0 Å². The summed E-state index contributed by atoms with van der Waals surface area (Å²) >= 11 is 1.25. The summed E-state index contributed by atoms with van der Waals surface area (Å²) in [5.41, 5.74) is 0. The third-order valence-corrected chi connectivity index (χ3v) is 4.51. The van der Waals surface area contributed by atoms with Gasteiger partial charge < -0.3 is 4.74 Å². The summed E-state index contributed by atoms with van der Waals surface area (Å²) in [6.07, 6.45) is 2.88. The SMILES string of the molecule is COC(=O)CC(C)Sc1ncccc1S(C)(=O)=O. The molecular weight excluding hydrogens is 274 g/mol. The summed E-state index contributed by atoms with van der Waals surface area (Å²) < 4.78 is 27.7. The molecule has 1 aromatic rings. The van der Waals surface area contributed by atoms with E-state index in [1.807, 2.05) is 6.92 Å². The topological polar surface area (TPSA) is 73.3 Å². The van der Waals surface area contributed by atoms with E-state index in [1.54, 1.807) is 6.07 Å². The Kier molecular flexibility index (Phi) is 5.15. The lowest BCUT2D eigenvalue weighted by Crippen LogP contribution is -2.10. The van der Waals surface area contributed by atoms with Gasteiger partial charge in [-0.2, -0.15) is 0 Å². The molecule has 0 spiro atoms. The first kappa shape index (κ1) is 15.0. The number of pyridine rings is 1. The average Bonchev–Trinajstić information content (AvgIpc) is 2.27. The van der Waals surface area contributed by atoms with E-state index in [2.05, 4.69) is 9.72 Å². The molecule has 0 aromatic carbocycles. The monoisotopic (exact) mass is 289 g/mol. The second-order valence-corrected chi connectivity index (χ2v) is 7.20. The van der Waals surface area contributed by atoms with Crippen LogP contribution in [-0.2, 0) is 19.4 Å². The highest BCUT2D eigenvalue weighted by Gasteiger charge is 2.18. The van der Waals surface area contributed by atoms with E-state index in [0.717, 1.165) is 6.26 Å². The Hall–Kier alpha value is -1.08. The van der Waals surface area contributed by atoms with Gasteiger partial charge in [0.1, 0.15) is 5.03 Å². The van der Waals surface area contributed by atoms with Crippen LogP contribution >= 0.6 is 11.8 Å². The minimum Gasteiger partial charge on any atom is -0.469 e. The molecule has 1 aromatic heterocycles. The minimum atomic E-state index is -3.31. The lowest BCUT2D eigenvalue weighted by atomic mass is 10.3. The van der Waals surface area contributed by atoms with Gasteiger partial charge in [0.25, 0.3) is 0 Å². The predicted molar refractivity (Wildman–Crippen MR) is 69.3 cm³/mol. The van der Waals surface area contributed by atoms with Gasteiger partial charge in [-0.3, -0.25) is 4.79 Å². The summed E-state index contributed by atoms with van der Waals surface area (Å²) in [5, 5.41) is 0.309. The van der Waals surface area contributed by atoms with E-state index in [1.165, 1.54) is 31.1 Å². The third kappa shape index (κ3) is 4.30. The number of aromatic nitrogens is 1. The first-order valence-electron chi connectivity index (χ1n) is 5.23. The van der Waals surface area contributed by atoms with Crippen LogP contribution in [0.4, 0.5) is 0 Å². The molecule has 0 bridgehead atoms. The summed E-state index contributed by atoms with van der Waals surface area (Å²) in [6, 6.07) is 3.08. The van der Waals surface area contributed by atoms with Gasteiger partial charge in [0.2, 0.25) is 0 Å². The fraction of sp³-hybridized carbons (Fsp3) is 0.455. The molecule has 0 saturated carbocycles. The van der Waals surface area contributed by atoms with E-state index in [0.29, 0.717) is 5.03 Å². The Bertz CT molecular complexity index is 528. The molecule has 1 rings (SSSR count). The molecular formula is C11H15NO4S2. The summed E-state index contributed by atoms with van der Waals surface area (Å²) in [5.74, 6) is -0.327. The van der Waals surface area contributed by atoms with Crippen molar-refractivity contribution in [3.8, 4) is 0 Å². The molecule has 0 aliphatic carbocycles. The number of rotatable bonds is 5. The zero-order chi connectivity index (χ0) is 13.8. The lowest BCUT2D eigenvalue weighted by molar-refractivity contribution is -0.140. The molecule has 0 N–H and O–H groups in total. The van der Waals surface area contributed by atoms with Crippen molar-refractivity contribution in [1.82, 2.24) is 4.98 Å². The molecule has 0 aliphatic rings. The highest BCUT2D eigenvalue weighted by molar-refractivity contribution is 8.00. The summed E-state index contributed by atoms with van der Waals surface area (Å²) in [6.45, 7) is 1.82. The maximum Gasteiger partial charge on any atom is 0.306 e. The van der Waals surface area contributed by atoms with Gasteiger partial charge in [0.05, 0.1) is 18.4 Å². The number of sulfone groups is 1. The number of hydrogen-bond donors (Lipinski definition) is 0. The zero-order valence-electron chi connectivity index (χ0n) is 10.4. The van der Waals surface area contributed by atoms with Crippen LogP contribution in [0.1, 0.15) is 13.3 Å². The first-order chi connectivity index (χ1) is 8.34. The molecule has 0 saturated heterocycles. The highest BCUT2D eigenvalue weighted by atomic mass is 32.2. The maximum atomic E-state index is 11.6. The van der Waals surface area contributed by atoms with Gasteiger partial charge in [-0.25, -0.2) is 13.4 Å². The molecule has 1 atom stereocenters. The molecule has 18 heavy (non-hydrogen) atoms. The molecule has 0 fully saturated rings. The van der Waals surface area contributed by atoms with E-state index in [4.69, 9.17) is 0 Å². The first-order valence-corrected chi connectivity index (χ1v) is 8.00. The molecule has 0 radical (unpaired) electrons. The van der Waals surface area contributed by atoms with Crippen molar-refractivity contribution in [3.63, 3.8) is 0 Å². The summed E-state index contributed by atoms with van der Waals surface area (Å²) in [4.78, 5) is 15.4. The molecule has 1 unspecified atom stereocenters. The number of esters is 1. The van der Waals surface area contributed by atoms with Crippen molar-refractivity contribution in [3.05, 3.63) is 18.3 Å². The van der Waals surface area contributed by atoms with Gasteiger partial charge >= 0.3 is 5.97 Å². The third-order valence-electron chi connectivity index (χ3n) is 2.13. The number of hydrogen-bond acceptors (Lipinski definition) is 6. The van der Waals surface area contributed by atoms with Gasteiger partial charge in [0.15, 0.2) is 9.84 Å². The van der Waals surface area contributed by atoms with Crippen LogP contribution in [0.2, 0.25) is 0 Å². The predicted octanol–water partition coefficient (Wildman–Crippen LogP) is 1.53. The number of thioether (sulfide) groups is 1. The van der Waals surface area contributed by atoms with Crippen LogP contribution in [0.3, 0.4) is 0 Å². The van der Waals surface area contributed by atoms with E-state index < -0.39 is 9.84 Å². The van der Waals surface area contributed by atoms with Gasteiger partial charge in [-0.05, 0) is 12.1 Å². The van der Waals surface area contributed by atoms with Gasteiger partial charge in [0, 0.05) is 17.7 Å². The Morgan fingerprint density at radius 1 is 1.56 bits per heavy atom. The van der Waals surface area contributed by atoms with Gasteiger partial charge in [-0.15, -0.1) is 11.8 Å². The Morgan fingerprint density at radius 2 is 2.22 bits per heavy atom. The van der Waals surface area contributed by atoms with E-state index in [-0.39, 0.29) is 22.5 Å². The van der Waals surface area contributed by atoms with Gasteiger partial charge in [-0.1, -0.05) is 6.92 Å². The smallest absolute Gasteiger partial charge is 0.306 e. The second-order valence-electron chi connectivity index (χ2n) is 3.79. The van der Waals surface area contributed by atoms with Crippen LogP contribution in [0, 0.1) is 0 Å². The fourth-order valence-electron chi connectivity index (χ4n) is 1.30. The number of carbonyl (C=O) groups excluding carboxylic acids is 1. The van der Waals surface area contributed by atoms with Crippen molar-refractivity contribution >= 4 is 27.6 Å². The lowest BCUT2D eigenvalue weighted by Gasteiger charge is -2.11. The van der Waals surface area contributed by atoms with Crippen molar-refractivity contribution in [2.24, 2.45) is 0 Å². The maximum absolute atomic E-state index is 11.6. The van der Waals surface area contributed by atoms with Crippen LogP contribution in [0.15, 0.2) is 28.3 Å². The van der Waals surface area contributed by atoms with Crippen LogP contribution in [0.5, 0.6) is 0 Å². The van der Waals surface area contributed by atoms with Crippen LogP contribution in [-0.4, -0.2) is 38.0 Å². The molecule has 0 amide bonds. The quantitative estimate of drug-likeness (QED) is 0.604. The van der Waals surface area contributed by atoms with E-state index in [9.17, 15) is 13.2 Å². The standard InChI is InChI=1S/C11H15NO4S2/c1-8(7-10(13)16-2)17-11-9(18(3,14)15)5-4-6-12-11/h4-6,8H,7H2,1-3H3. The van der Waals surface area contributed by atoms with Crippen LogP contribution < -0.4 is 0 Å². The molecule has 100 valence electrons. The largest absolute Gasteiger partial charge is 0.469 e. The Balaban J connectivity index is 2.88. The highest BCUT2D eigenvalue weighted by Crippen LogP contribution is 2.29. The Morgan fingerprint density at radius 3 is 2.78 bits per heavy atom. The molecule has 7 heteroatoms. The summed E-state index contributed by atoms with van der Waals surface area (Å²) in [7, 11) is -1.99. The van der Waals surface area contributed by atoms with Crippen molar-refractivity contribution in [1.29, 1.82) is 0 Å². The van der Waals surface area contributed by atoms with E-state index >= 15 is 0 Å². The fourth-order valence-corrected chi connectivity index (χ4v) is 3.50. The second kappa shape index (κ2) is 6.19. The average molecular weight is 289 g/mol. The molecule has 0 aliphatic heterocycles. The van der Waals surface area contributed by atoms with Crippen molar-refractivity contribution in [2.45, 2.75) is 28.5 Å². The number of ether oxygens (including phenoxy) is 1. The number of carbonyl (C=O) groups is 1. The van der Waals surface area contributed by atoms with Crippen molar-refractivity contribution in [2.75, 3.05) is 13.4 Å². The molecule has 5 nitrogen and oxygen atoms in total. The normalized spacial score (nSPS) is 13.1.